The van der Waals surface area contributed by atoms with E-state index >= 15 is 0 Å². The summed E-state index contributed by atoms with van der Waals surface area (Å²) in [7, 11) is 0. The summed E-state index contributed by atoms with van der Waals surface area (Å²) in [5, 5.41) is 6.94. The van der Waals surface area contributed by atoms with Crippen LogP contribution in [-0.2, 0) is 14.3 Å². The van der Waals surface area contributed by atoms with Gasteiger partial charge in [0.1, 0.15) is 0 Å². The Morgan fingerprint density at radius 3 is 2.59 bits per heavy atom. The van der Waals surface area contributed by atoms with Crippen LogP contribution in [0.4, 0.5) is 0 Å². The maximum absolute atomic E-state index is 11.9. The molecule has 2 fully saturated rings. The molecule has 1 aliphatic carbocycles. The summed E-state index contributed by atoms with van der Waals surface area (Å²) in [4.78, 5) is 16.8. The highest BCUT2D eigenvalue weighted by atomic mass is 16.5. The van der Waals surface area contributed by atoms with Crippen molar-refractivity contribution in [1.29, 1.82) is 0 Å². The van der Waals surface area contributed by atoms with Crippen LogP contribution >= 0.6 is 0 Å². The molecule has 1 aromatic rings. The number of benzene rings is 1. The van der Waals surface area contributed by atoms with Gasteiger partial charge in [-0.1, -0.05) is 30.3 Å². The largest absolute Gasteiger partial charge is 0.466 e. The van der Waals surface area contributed by atoms with Crippen molar-refractivity contribution in [1.82, 2.24) is 10.6 Å². The molecule has 1 saturated heterocycles. The number of carbonyl (C=O) groups is 1. The van der Waals surface area contributed by atoms with Crippen molar-refractivity contribution in [2.75, 3.05) is 26.3 Å². The first-order valence-electron chi connectivity index (χ1n) is 11.1. The molecule has 2 N–H and O–H groups in total. The van der Waals surface area contributed by atoms with Crippen molar-refractivity contribution in [3.63, 3.8) is 0 Å². The molecule has 160 valence electrons. The number of aliphatic imine (C=N–C) groups is 1. The zero-order valence-electron chi connectivity index (χ0n) is 17.7. The summed E-state index contributed by atoms with van der Waals surface area (Å²) < 4.78 is 11.2. The highest BCUT2D eigenvalue weighted by molar-refractivity contribution is 5.80. The van der Waals surface area contributed by atoms with Crippen LogP contribution in [0.1, 0.15) is 57.6 Å². The number of ether oxygens (including phenoxy) is 2. The average Bonchev–Trinajstić information content (AvgIpc) is 3.22. The molecule has 2 atom stereocenters. The minimum atomic E-state index is -0.0419. The van der Waals surface area contributed by atoms with Crippen LogP contribution in [0.25, 0.3) is 0 Å². The molecule has 0 aromatic heterocycles. The zero-order valence-corrected chi connectivity index (χ0v) is 17.7. The van der Waals surface area contributed by atoms with Gasteiger partial charge in [-0.2, -0.15) is 0 Å². The summed E-state index contributed by atoms with van der Waals surface area (Å²) in [5.74, 6) is 1.27. The fraction of sp³-hybridized carbons (Fsp3) is 0.652. The number of carbonyl (C=O) groups excluding carboxylic acids is 1. The molecule has 0 spiro atoms. The second kappa shape index (κ2) is 11.2. The minimum absolute atomic E-state index is 0.0419. The third-order valence-electron chi connectivity index (χ3n) is 5.86. The Bertz CT molecular complexity index is 657. The quantitative estimate of drug-likeness (QED) is 0.416. The molecule has 1 heterocycles. The third-order valence-corrected chi connectivity index (χ3v) is 5.86. The Labute approximate surface area is 174 Å². The number of rotatable bonds is 7. The van der Waals surface area contributed by atoms with Gasteiger partial charge in [0, 0.05) is 31.7 Å². The molecule has 3 rings (SSSR count). The Morgan fingerprint density at radius 1 is 1.14 bits per heavy atom. The Morgan fingerprint density at radius 2 is 1.90 bits per heavy atom. The van der Waals surface area contributed by atoms with E-state index in [9.17, 15) is 4.79 Å². The fourth-order valence-electron chi connectivity index (χ4n) is 4.29. The van der Waals surface area contributed by atoms with Gasteiger partial charge in [-0.15, -0.1) is 0 Å². The normalized spacial score (nSPS) is 27.4. The van der Waals surface area contributed by atoms with E-state index < -0.39 is 0 Å². The van der Waals surface area contributed by atoms with E-state index in [1.54, 1.807) is 0 Å². The highest BCUT2D eigenvalue weighted by Crippen LogP contribution is 2.34. The zero-order chi connectivity index (χ0) is 20.5. The van der Waals surface area contributed by atoms with Crippen LogP contribution in [0.5, 0.6) is 0 Å². The fourth-order valence-corrected chi connectivity index (χ4v) is 4.29. The topological polar surface area (TPSA) is 72.0 Å². The van der Waals surface area contributed by atoms with Crippen LogP contribution in [0, 0.1) is 11.8 Å². The average molecular weight is 402 g/mol. The van der Waals surface area contributed by atoms with Gasteiger partial charge in [-0.25, -0.2) is 0 Å². The van der Waals surface area contributed by atoms with Gasteiger partial charge in [0.15, 0.2) is 5.96 Å². The molecule has 1 aromatic carbocycles. The molecule has 2 unspecified atom stereocenters. The maximum Gasteiger partial charge on any atom is 0.308 e. The Balaban J connectivity index is 1.53. The minimum Gasteiger partial charge on any atom is -0.466 e. The SMILES string of the molecule is CCNC(=NCC1CCOC1c1ccccc1)NC1CCC(C(=O)OCC)CC1. The molecule has 0 amide bonds. The molecule has 29 heavy (non-hydrogen) atoms. The van der Waals surface area contributed by atoms with Crippen molar-refractivity contribution >= 4 is 11.9 Å². The second-order valence-corrected chi connectivity index (χ2v) is 7.92. The molecule has 1 saturated carbocycles. The lowest BCUT2D eigenvalue weighted by Gasteiger charge is -2.29. The van der Waals surface area contributed by atoms with E-state index in [2.05, 4.69) is 41.8 Å². The molecule has 0 radical (unpaired) electrons. The number of esters is 1. The second-order valence-electron chi connectivity index (χ2n) is 7.92. The van der Waals surface area contributed by atoms with Gasteiger partial charge < -0.3 is 20.1 Å². The first-order valence-corrected chi connectivity index (χ1v) is 11.1. The molecule has 1 aliphatic heterocycles. The van der Waals surface area contributed by atoms with Gasteiger partial charge in [-0.05, 0) is 51.5 Å². The van der Waals surface area contributed by atoms with Crippen LogP contribution < -0.4 is 10.6 Å². The molecular weight excluding hydrogens is 366 g/mol. The number of nitrogens with one attached hydrogen (secondary N) is 2. The van der Waals surface area contributed by atoms with Crippen molar-refractivity contribution in [3.05, 3.63) is 35.9 Å². The monoisotopic (exact) mass is 401 g/mol. The lowest BCUT2D eigenvalue weighted by molar-refractivity contribution is -0.149. The highest BCUT2D eigenvalue weighted by Gasteiger charge is 2.30. The third kappa shape index (κ3) is 6.20. The molecule has 6 heteroatoms. The van der Waals surface area contributed by atoms with Gasteiger partial charge in [0.2, 0.25) is 0 Å². The molecular formula is C23H35N3O3. The van der Waals surface area contributed by atoms with Crippen LogP contribution in [-0.4, -0.2) is 44.3 Å². The van der Waals surface area contributed by atoms with E-state index in [-0.39, 0.29) is 18.0 Å². The first kappa shape index (κ1) is 21.6. The predicted molar refractivity (Wildman–Crippen MR) is 115 cm³/mol. The van der Waals surface area contributed by atoms with Gasteiger partial charge >= 0.3 is 5.97 Å². The summed E-state index contributed by atoms with van der Waals surface area (Å²) in [6, 6.07) is 10.8. The van der Waals surface area contributed by atoms with Crippen molar-refractivity contribution in [2.45, 2.75) is 58.1 Å². The lowest BCUT2D eigenvalue weighted by Crippen LogP contribution is -2.45. The smallest absolute Gasteiger partial charge is 0.308 e. The van der Waals surface area contributed by atoms with Crippen LogP contribution in [0.3, 0.4) is 0 Å². The van der Waals surface area contributed by atoms with Gasteiger partial charge in [-0.3, -0.25) is 9.79 Å². The van der Waals surface area contributed by atoms with Gasteiger partial charge in [0.25, 0.3) is 0 Å². The summed E-state index contributed by atoms with van der Waals surface area (Å²) in [5.41, 5.74) is 1.24. The van der Waals surface area contributed by atoms with E-state index in [0.29, 0.717) is 18.6 Å². The Kier molecular flexibility index (Phi) is 8.35. The molecule has 6 nitrogen and oxygen atoms in total. The predicted octanol–water partition coefficient (Wildman–Crippen LogP) is 3.44. The Hall–Kier alpha value is -2.08. The summed E-state index contributed by atoms with van der Waals surface area (Å²) >= 11 is 0. The number of hydrogen-bond acceptors (Lipinski definition) is 4. The van der Waals surface area contributed by atoms with E-state index in [1.165, 1.54) is 5.56 Å². The van der Waals surface area contributed by atoms with Crippen molar-refractivity contribution in [2.24, 2.45) is 16.8 Å². The van der Waals surface area contributed by atoms with Gasteiger partial charge in [0.05, 0.1) is 18.6 Å². The summed E-state index contributed by atoms with van der Waals surface area (Å²) in [6.07, 6.45) is 4.85. The molecule has 2 aliphatic rings. The molecule has 0 bridgehead atoms. The van der Waals surface area contributed by atoms with Crippen molar-refractivity contribution < 1.29 is 14.3 Å². The summed E-state index contributed by atoms with van der Waals surface area (Å²) in [6.45, 7) is 6.77. The standard InChI is InChI=1S/C23H35N3O3/c1-3-24-23(26-20-12-10-18(11-13-20)22(27)28-4-2)25-16-19-14-15-29-21(19)17-8-6-5-7-9-17/h5-9,18-21H,3-4,10-16H2,1-2H3,(H2,24,25,26). The van der Waals surface area contributed by atoms with E-state index in [1.807, 2.05) is 13.0 Å². The number of hydrogen-bond donors (Lipinski definition) is 2. The number of nitrogens with zero attached hydrogens (tertiary/aromatic N) is 1. The number of guanidine groups is 1. The van der Waals surface area contributed by atoms with E-state index in [0.717, 1.165) is 57.8 Å². The lowest BCUT2D eigenvalue weighted by atomic mass is 9.86. The van der Waals surface area contributed by atoms with Crippen molar-refractivity contribution in [3.8, 4) is 0 Å². The maximum atomic E-state index is 11.9. The van der Waals surface area contributed by atoms with Crippen LogP contribution in [0.15, 0.2) is 35.3 Å². The first-order chi connectivity index (χ1) is 14.2. The van der Waals surface area contributed by atoms with E-state index in [4.69, 9.17) is 14.5 Å². The van der Waals surface area contributed by atoms with Crippen LogP contribution in [0.2, 0.25) is 0 Å².